The van der Waals surface area contributed by atoms with Gasteiger partial charge >= 0.3 is 0 Å². The topological polar surface area (TPSA) is 20.2 Å². The highest BCUT2D eigenvalue weighted by atomic mass is 16.3. The van der Waals surface area contributed by atoms with Crippen molar-refractivity contribution in [3.8, 4) is 0 Å². The monoisotopic (exact) mass is 306 g/mol. The molecule has 0 amide bonds. The zero-order chi connectivity index (χ0) is 16.0. The van der Waals surface area contributed by atoms with Crippen molar-refractivity contribution in [2.45, 2.75) is 85.5 Å². The number of aliphatic hydroxyl groups excluding tert-OH is 1. The molecule has 1 N–H and O–H groups in total. The zero-order valence-electron chi connectivity index (χ0n) is 15.4. The van der Waals surface area contributed by atoms with Crippen molar-refractivity contribution in [3.63, 3.8) is 0 Å². The van der Waals surface area contributed by atoms with Gasteiger partial charge in [-0.15, -0.1) is 0 Å². The van der Waals surface area contributed by atoms with Crippen molar-refractivity contribution in [3.05, 3.63) is 0 Å². The van der Waals surface area contributed by atoms with Crippen molar-refractivity contribution < 1.29 is 5.11 Å². The molecule has 0 radical (unpaired) electrons. The van der Waals surface area contributed by atoms with Gasteiger partial charge in [0, 0.05) is 6.61 Å². The molecule has 3 saturated carbocycles. The highest BCUT2D eigenvalue weighted by molar-refractivity contribution is 5.05. The van der Waals surface area contributed by atoms with E-state index >= 15 is 0 Å². The van der Waals surface area contributed by atoms with E-state index < -0.39 is 0 Å². The molecule has 3 rings (SSSR count). The van der Waals surface area contributed by atoms with Gasteiger partial charge in [-0.3, -0.25) is 0 Å². The summed E-state index contributed by atoms with van der Waals surface area (Å²) in [6.45, 7) is 10.5. The summed E-state index contributed by atoms with van der Waals surface area (Å²) in [6, 6.07) is 0. The lowest BCUT2D eigenvalue weighted by molar-refractivity contribution is -0.0801. The third-order valence-corrected chi connectivity index (χ3v) is 8.88. The number of hydrogen-bond donors (Lipinski definition) is 1. The second-order valence-corrected chi connectivity index (χ2v) is 9.43. The first-order valence-corrected chi connectivity index (χ1v) is 10.1. The molecule has 0 aromatic heterocycles. The minimum absolute atomic E-state index is 0.401. The Balaban J connectivity index is 1.82. The Morgan fingerprint density at radius 3 is 2.23 bits per heavy atom. The van der Waals surface area contributed by atoms with Crippen LogP contribution < -0.4 is 0 Å². The maximum atomic E-state index is 9.96. The van der Waals surface area contributed by atoms with Crippen molar-refractivity contribution >= 4 is 0 Å². The maximum Gasteiger partial charge on any atom is 0.0464 e. The number of hydrogen-bond acceptors (Lipinski definition) is 1. The van der Waals surface area contributed by atoms with Gasteiger partial charge in [-0.2, -0.15) is 0 Å². The third kappa shape index (κ3) is 2.38. The smallest absolute Gasteiger partial charge is 0.0464 e. The summed E-state index contributed by atoms with van der Waals surface area (Å²) in [5, 5.41) is 9.96. The van der Waals surface area contributed by atoms with E-state index in [9.17, 15) is 5.11 Å². The van der Waals surface area contributed by atoms with Gasteiger partial charge in [0.15, 0.2) is 0 Å². The van der Waals surface area contributed by atoms with Crippen LogP contribution >= 0.6 is 0 Å². The van der Waals surface area contributed by atoms with E-state index in [0.29, 0.717) is 23.4 Å². The van der Waals surface area contributed by atoms with E-state index in [1.54, 1.807) is 0 Å². The molecule has 0 heterocycles. The van der Waals surface area contributed by atoms with Crippen LogP contribution in [0.4, 0.5) is 0 Å². The van der Waals surface area contributed by atoms with Crippen LogP contribution in [0.1, 0.15) is 85.5 Å². The lowest BCUT2D eigenvalue weighted by Gasteiger charge is -2.56. The van der Waals surface area contributed by atoms with E-state index in [-0.39, 0.29) is 0 Å². The Morgan fingerprint density at radius 1 is 0.864 bits per heavy atom. The molecule has 22 heavy (non-hydrogen) atoms. The largest absolute Gasteiger partial charge is 0.396 e. The van der Waals surface area contributed by atoms with Gasteiger partial charge < -0.3 is 5.11 Å². The molecular weight excluding hydrogens is 268 g/mol. The van der Waals surface area contributed by atoms with Gasteiger partial charge in [-0.25, -0.2) is 0 Å². The molecule has 0 saturated heterocycles. The van der Waals surface area contributed by atoms with Gasteiger partial charge in [-0.05, 0) is 78.9 Å². The van der Waals surface area contributed by atoms with Crippen molar-refractivity contribution in [2.75, 3.05) is 6.61 Å². The molecule has 3 fully saturated rings. The fourth-order valence-corrected chi connectivity index (χ4v) is 7.42. The van der Waals surface area contributed by atoms with Gasteiger partial charge in [-0.1, -0.05) is 47.0 Å². The Kier molecular flexibility index (Phi) is 4.67. The lowest BCUT2D eigenvalue weighted by atomic mass is 9.49. The molecule has 7 atom stereocenters. The average Bonchev–Trinajstić information content (AvgIpc) is 2.85. The molecule has 0 spiro atoms. The van der Waals surface area contributed by atoms with Crippen LogP contribution in [0.3, 0.4) is 0 Å². The van der Waals surface area contributed by atoms with Crippen molar-refractivity contribution in [1.29, 1.82) is 0 Å². The molecule has 0 aliphatic heterocycles. The minimum atomic E-state index is 0.401. The first kappa shape index (κ1) is 16.8. The lowest BCUT2D eigenvalue weighted by Crippen LogP contribution is -2.49. The summed E-state index contributed by atoms with van der Waals surface area (Å²) in [4.78, 5) is 0. The van der Waals surface area contributed by atoms with E-state index in [4.69, 9.17) is 0 Å². The van der Waals surface area contributed by atoms with E-state index in [0.717, 1.165) is 23.7 Å². The number of fused-ring (bicyclic) bond motifs is 1. The Bertz CT molecular complexity index is 391. The summed E-state index contributed by atoms with van der Waals surface area (Å²) in [7, 11) is 0. The van der Waals surface area contributed by atoms with Crippen LogP contribution in [0.5, 0.6) is 0 Å². The molecule has 128 valence electrons. The first-order valence-electron chi connectivity index (χ1n) is 10.1. The summed E-state index contributed by atoms with van der Waals surface area (Å²) in [5.74, 6) is 4.16. The van der Waals surface area contributed by atoms with E-state index in [2.05, 4.69) is 27.7 Å². The fourth-order valence-electron chi connectivity index (χ4n) is 7.42. The quantitative estimate of drug-likeness (QED) is 0.713. The average molecular weight is 307 g/mol. The summed E-state index contributed by atoms with van der Waals surface area (Å²) in [5.41, 5.74) is 1.02. The Labute approximate surface area is 138 Å². The summed E-state index contributed by atoms with van der Waals surface area (Å²) < 4.78 is 0. The molecular formula is C21H38O. The predicted molar refractivity (Wildman–Crippen MR) is 93.7 cm³/mol. The molecule has 7 unspecified atom stereocenters. The normalized spacial score (nSPS) is 52.5. The number of rotatable bonds is 3. The van der Waals surface area contributed by atoms with Crippen LogP contribution in [0.2, 0.25) is 0 Å². The molecule has 0 aromatic carbocycles. The van der Waals surface area contributed by atoms with Gasteiger partial charge in [0.2, 0.25) is 0 Å². The maximum absolute atomic E-state index is 9.96. The zero-order valence-corrected chi connectivity index (χ0v) is 15.4. The molecule has 0 bridgehead atoms. The fraction of sp³-hybridized carbons (Fsp3) is 1.00. The molecule has 1 heteroatoms. The van der Waals surface area contributed by atoms with Crippen molar-refractivity contribution in [2.24, 2.45) is 40.4 Å². The number of aliphatic hydroxyl groups is 1. The third-order valence-electron chi connectivity index (χ3n) is 8.88. The standard InChI is InChI=1S/C21H38O/c1-5-16-9-10-18-15(2)19(11-13-21(16,18)4)20(3)12-7-6-8-17(20)14-22/h15-19,22H,5-14H2,1-4H3. The molecule has 3 aliphatic carbocycles. The van der Waals surface area contributed by atoms with Crippen LogP contribution in [-0.2, 0) is 0 Å². The summed E-state index contributed by atoms with van der Waals surface area (Å²) in [6.07, 6.45) is 12.5. The molecule has 0 aromatic rings. The highest BCUT2D eigenvalue weighted by Gasteiger charge is 2.56. The van der Waals surface area contributed by atoms with Crippen molar-refractivity contribution in [1.82, 2.24) is 0 Å². The van der Waals surface area contributed by atoms with Gasteiger partial charge in [0.1, 0.15) is 0 Å². The Hall–Kier alpha value is -0.0400. The van der Waals surface area contributed by atoms with Crippen LogP contribution in [0, 0.1) is 40.4 Å². The minimum Gasteiger partial charge on any atom is -0.396 e. The molecule has 3 aliphatic rings. The predicted octanol–water partition coefficient (Wildman–Crippen LogP) is 5.66. The second kappa shape index (κ2) is 6.11. The van der Waals surface area contributed by atoms with Crippen LogP contribution in [0.25, 0.3) is 0 Å². The van der Waals surface area contributed by atoms with Gasteiger partial charge in [0.25, 0.3) is 0 Å². The summed E-state index contributed by atoms with van der Waals surface area (Å²) >= 11 is 0. The SMILES string of the molecule is CCC1CCC2C(C)C(C3(C)CCCCC3CO)CCC12C. The van der Waals surface area contributed by atoms with Gasteiger partial charge in [0.05, 0.1) is 0 Å². The first-order chi connectivity index (χ1) is 10.5. The highest BCUT2D eigenvalue weighted by Crippen LogP contribution is 2.64. The van der Waals surface area contributed by atoms with Crippen LogP contribution in [-0.4, -0.2) is 11.7 Å². The van der Waals surface area contributed by atoms with E-state index in [1.807, 2.05) is 0 Å². The molecule has 1 nitrogen and oxygen atoms in total. The Morgan fingerprint density at radius 2 is 1.55 bits per heavy atom. The second-order valence-electron chi connectivity index (χ2n) is 9.43. The van der Waals surface area contributed by atoms with Crippen LogP contribution in [0.15, 0.2) is 0 Å². The van der Waals surface area contributed by atoms with E-state index in [1.165, 1.54) is 57.8 Å².